The Hall–Kier alpha value is -3.99. The lowest BCUT2D eigenvalue weighted by Crippen LogP contribution is -2.28. The summed E-state index contributed by atoms with van der Waals surface area (Å²) >= 11 is 1.32. The first kappa shape index (κ1) is 31.9. The SMILES string of the molecule is COc1ccc(CCN(C)C(=O)CCCCCSc2nc3ccccc3c(=O)n2-c2cccc(C(F)(F)F)c2)cc1OC. The van der Waals surface area contributed by atoms with Gasteiger partial charge < -0.3 is 14.4 Å². The van der Waals surface area contributed by atoms with Crippen LogP contribution >= 0.6 is 11.8 Å². The monoisotopic (exact) mass is 613 g/mol. The molecule has 0 bridgehead atoms. The largest absolute Gasteiger partial charge is 0.493 e. The number of carbonyl (C=O) groups is 1. The lowest BCUT2D eigenvalue weighted by molar-refractivity contribution is -0.137. The number of fused-ring (bicyclic) bond motifs is 1. The van der Waals surface area contributed by atoms with Gasteiger partial charge in [-0.1, -0.05) is 42.4 Å². The van der Waals surface area contributed by atoms with E-state index in [2.05, 4.69) is 4.98 Å². The third-order valence-corrected chi connectivity index (χ3v) is 8.08. The summed E-state index contributed by atoms with van der Waals surface area (Å²) < 4.78 is 52.1. The van der Waals surface area contributed by atoms with E-state index in [-0.39, 0.29) is 11.6 Å². The van der Waals surface area contributed by atoms with E-state index in [1.165, 1.54) is 28.5 Å². The molecule has 0 aliphatic heterocycles. The number of carbonyl (C=O) groups excluding carboxylic acids is 1. The van der Waals surface area contributed by atoms with Gasteiger partial charge in [0.1, 0.15) is 0 Å². The molecule has 0 aliphatic rings. The first-order chi connectivity index (χ1) is 20.6. The fourth-order valence-electron chi connectivity index (χ4n) is 4.63. The second-order valence-corrected chi connectivity index (χ2v) is 11.1. The average molecular weight is 614 g/mol. The highest BCUT2D eigenvalue weighted by molar-refractivity contribution is 7.99. The summed E-state index contributed by atoms with van der Waals surface area (Å²) in [5, 5.41) is 0.659. The summed E-state index contributed by atoms with van der Waals surface area (Å²) in [5.74, 6) is 1.96. The number of amides is 1. The van der Waals surface area contributed by atoms with Gasteiger partial charge in [-0.2, -0.15) is 13.2 Å². The second kappa shape index (κ2) is 14.5. The molecule has 0 N–H and O–H groups in total. The molecule has 0 saturated heterocycles. The maximum atomic E-state index is 13.4. The van der Waals surface area contributed by atoms with Gasteiger partial charge in [-0.25, -0.2) is 4.98 Å². The van der Waals surface area contributed by atoms with Crippen molar-refractivity contribution >= 4 is 28.6 Å². The molecule has 1 aromatic heterocycles. The van der Waals surface area contributed by atoms with Crippen molar-refractivity contribution in [2.24, 2.45) is 0 Å². The zero-order valence-corrected chi connectivity index (χ0v) is 25.1. The highest BCUT2D eigenvalue weighted by Gasteiger charge is 2.31. The zero-order chi connectivity index (χ0) is 31.0. The van der Waals surface area contributed by atoms with E-state index in [4.69, 9.17) is 9.47 Å². The number of halogens is 3. The molecule has 0 radical (unpaired) electrons. The highest BCUT2D eigenvalue weighted by Crippen LogP contribution is 2.31. The maximum Gasteiger partial charge on any atom is 0.416 e. The normalized spacial score (nSPS) is 11.5. The van der Waals surface area contributed by atoms with E-state index in [1.54, 1.807) is 50.4 Å². The Morgan fingerprint density at radius 3 is 2.47 bits per heavy atom. The quantitative estimate of drug-likeness (QED) is 0.0941. The third-order valence-electron chi connectivity index (χ3n) is 7.05. The van der Waals surface area contributed by atoms with E-state index in [9.17, 15) is 22.8 Å². The Morgan fingerprint density at radius 2 is 1.72 bits per heavy atom. The van der Waals surface area contributed by atoms with Crippen molar-refractivity contribution in [1.82, 2.24) is 14.5 Å². The van der Waals surface area contributed by atoms with Crippen LogP contribution in [0.25, 0.3) is 16.6 Å². The van der Waals surface area contributed by atoms with Gasteiger partial charge in [-0.05, 0) is 67.3 Å². The number of likely N-dealkylation sites (N-methyl/N-ethyl adjacent to an activating group) is 1. The number of benzene rings is 3. The van der Waals surface area contributed by atoms with Gasteiger partial charge in [0.15, 0.2) is 16.7 Å². The van der Waals surface area contributed by atoms with Crippen molar-refractivity contribution in [2.75, 3.05) is 33.6 Å². The molecule has 0 fully saturated rings. The maximum absolute atomic E-state index is 13.4. The topological polar surface area (TPSA) is 73.7 Å². The van der Waals surface area contributed by atoms with Gasteiger partial charge in [0.2, 0.25) is 5.91 Å². The number of alkyl halides is 3. The molecule has 0 saturated carbocycles. The summed E-state index contributed by atoms with van der Waals surface area (Å²) in [4.78, 5) is 32.3. The molecular weight excluding hydrogens is 579 g/mol. The van der Waals surface area contributed by atoms with Crippen molar-refractivity contribution in [3.8, 4) is 17.2 Å². The van der Waals surface area contributed by atoms with Crippen LogP contribution in [0.15, 0.2) is 76.7 Å². The number of hydrogen-bond donors (Lipinski definition) is 0. The Labute approximate surface area is 252 Å². The molecule has 1 heterocycles. The van der Waals surface area contributed by atoms with Crippen LogP contribution < -0.4 is 15.0 Å². The molecule has 7 nitrogen and oxygen atoms in total. The summed E-state index contributed by atoms with van der Waals surface area (Å²) in [7, 11) is 4.96. The molecule has 0 aliphatic carbocycles. The molecule has 228 valence electrons. The molecule has 43 heavy (non-hydrogen) atoms. The molecule has 4 rings (SSSR count). The molecule has 0 spiro atoms. The predicted molar refractivity (Wildman–Crippen MR) is 162 cm³/mol. The summed E-state index contributed by atoms with van der Waals surface area (Å²) in [5.41, 5.74) is 0.385. The Morgan fingerprint density at radius 1 is 0.953 bits per heavy atom. The predicted octanol–water partition coefficient (Wildman–Crippen LogP) is 6.78. The number of ether oxygens (including phenoxy) is 2. The molecular formula is C32H34F3N3O4S. The molecule has 0 atom stereocenters. The number of methoxy groups -OCH3 is 2. The van der Waals surface area contributed by atoms with Crippen molar-refractivity contribution in [2.45, 2.75) is 43.4 Å². The number of para-hydroxylation sites is 1. The van der Waals surface area contributed by atoms with Crippen LogP contribution in [0, 0.1) is 0 Å². The van der Waals surface area contributed by atoms with Gasteiger partial charge in [0.25, 0.3) is 5.56 Å². The van der Waals surface area contributed by atoms with Crippen LogP contribution in [0.2, 0.25) is 0 Å². The standard InChI is InChI=1S/C32H34F3N3O4S/c1-37(18-17-22-15-16-27(41-2)28(20-22)42-3)29(39)14-5-4-8-19-43-31-36-26-13-7-6-12-25(26)30(40)38(31)24-11-9-10-23(21-24)32(33,34)35/h6-7,9-13,15-16,20-21H,4-5,8,14,17-19H2,1-3H3. The number of aromatic nitrogens is 2. The van der Waals surface area contributed by atoms with Crippen LogP contribution in [0.1, 0.15) is 36.8 Å². The number of unbranched alkanes of at least 4 members (excludes halogenated alkanes) is 2. The zero-order valence-electron chi connectivity index (χ0n) is 24.3. The number of thioether (sulfide) groups is 1. The summed E-state index contributed by atoms with van der Waals surface area (Å²) in [6.45, 7) is 0.574. The van der Waals surface area contributed by atoms with E-state index in [0.717, 1.165) is 30.5 Å². The Balaban J connectivity index is 1.32. The number of nitrogens with zero attached hydrogens (tertiary/aromatic N) is 3. The van der Waals surface area contributed by atoms with E-state index >= 15 is 0 Å². The minimum absolute atomic E-state index is 0.0581. The van der Waals surface area contributed by atoms with Gasteiger partial charge >= 0.3 is 6.18 Å². The number of hydrogen-bond acceptors (Lipinski definition) is 6. The van der Waals surface area contributed by atoms with E-state index < -0.39 is 17.3 Å². The average Bonchev–Trinajstić information content (AvgIpc) is 3.01. The first-order valence-electron chi connectivity index (χ1n) is 13.9. The molecule has 3 aromatic carbocycles. The van der Waals surface area contributed by atoms with Crippen molar-refractivity contribution in [3.63, 3.8) is 0 Å². The van der Waals surface area contributed by atoms with Gasteiger partial charge in [0, 0.05) is 25.8 Å². The fraction of sp³-hybridized carbons (Fsp3) is 0.344. The molecule has 0 unspecified atom stereocenters. The van der Waals surface area contributed by atoms with Crippen molar-refractivity contribution in [1.29, 1.82) is 0 Å². The second-order valence-electron chi connectivity index (χ2n) is 10.0. The van der Waals surface area contributed by atoms with Crippen LogP contribution in [0.3, 0.4) is 0 Å². The molecule has 11 heteroatoms. The summed E-state index contributed by atoms with van der Waals surface area (Å²) in [6.07, 6.45) is -1.21. The smallest absolute Gasteiger partial charge is 0.416 e. The van der Waals surface area contributed by atoms with Crippen LogP contribution in [0.4, 0.5) is 13.2 Å². The fourth-order valence-corrected chi connectivity index (χ4v) is 5.64. The summed E-state index contributed by atoms with van der Waals surface area (Å²) in [6, 6.07) is 17.2. The lowest BCUT2D eigenvalue weighted by atomic mass is 10.1. The van der Waals surface area contributed by atoms with Crippen molar-refractivity contribution < 1.29 is 27.4 Å². The van der Waals surface area contributed by atoms with Gasteiger partial charge in [-0.15, -0.1) is 0 Å². The Kier molecular flexibility index (Phi) is 10.7. The van der Waals surface area contributed by atoms with Gasteiger partial charge in [0.05, 0.1) is 36.4 Å². The molecule has 1 amide bonds. The minimum Gasteiger partial charge on any atom is -0.493 e. The van der Waals surface area contributed by atoms with Gasteiger partial charge in [-0.3, -0.25) is 14.2 Å². The first-order valence-corrected chi connectivity index (χ1v) is 14.9. The van der Waals surface area contributed by atoms with Crippen molar-refractivity contribution in [3.05, 3.63) is 88.2 Å². The highest BCUT2D eigenvalue weighted by atomic mass is 32.2. The van der Waals surface area contributed by atoms with Crippen LogP contribution in [-0.2, 0) is 17.4 Å². The van der Waals surface area contributed by atoms with Crippen LogP contribution in [-0.4, -0.2) is 53.9 Å². The Bertz CT molecular complexity index is 1620. The number of rotatable bonds is 13. The molecule has 4 aromatic rings. The van der Waals surface area contributed by atoms with E-state index in [0.29, 0.717) is 59.1 Å². The van der Waals surface area contributed by atoms with E-state index in [1.807, 2.05) is 18.2 Å². The van der Waals surface area contributed by atoms with Crippen LogP contribution in [0.5, 0.6) is 11.5 Å². The third kappa shape index (κ3) is 8.10. The minimum atomic E-state index is -4.54. The lowest BCUT2D eigenvalue weighted by Gasteiger charge is -2.18.